The molecular formula is C23H26N4O2. The Morgan fingerprint density at radius 2 is 2.07 bits per heavy atom. The van der Waals surface area contributed by atoms with Crippen molar-refractivity contribution >= 4 is 16.8 Å². The van der Waals surface area contributed by atoms with Gasteiger partial charge in [0.05, 0.1) is 0 Å². The zero-order valence-corrected chi connectivity index (χ0v) is 16.6. The Bertz CT molecular complexity index is 1120. The van der Waals surface area contributed by atoms with Gasteiger partial charge in [0.25, 0.3) is 11.5 Å². The molecular weight excluding hydrogens is 364 g/mol. The topological polar surface area (TPSA) is 70.1 Å². The van der Waals surface area contributed by atoms with E-state index in [-0.39, 0.29) is 11.5 Å². The van der Waals surface area contributed by atoms with Crippen molar-refractivity contribution in [1.82, 2.24) is 19.8 Å². The summed E-state index contributed by atoms with van der Waals surface area (Å²) in [6.07, 6.45) is 5.66. The molecule has 0 saturated carbocycles. The van der Waals surface area contributed by atoms with Crippen molar-refractivity contribution in [2.45, 2.75) is 32.4 Å². The number of aromatic amines is 1. The van der Waals surface area contributed by atoms with Crippen LogP contribution in [0.2, 0.25) is 0 Å². The zero-order valence-electron chi connectivity index (χ0n) is 16.6. The number of likely N-dealkylation sites (tertiary alicyclic amines) is 1. The molecule has 2 fully saturated rings. The summed E-state index contributed by atoms with van der Waals surface area (Å²) in [7, 11) is 0. The number of amides is 1. The third-order valence-corrected chi connectivity index (χ3v) is 6.53. The van der Waals surface area contributed by atoms with E-state index in [9.17, 15) is 9.59 Å². The van der Waals surface area contributed by atoms with Gasteiger partial charge in [-0.05, 0) is 55.5 Å². The fraction of sp³-hybridized carbons (Fsp3) is 0.391. The van der Waals surface area contributed by atoms with Gasteiger partial charge < -0.3 is 19.8 Å². The number of pyridine rings is 1. The van der Waals surface area contributed by atoms with Gasteiger partial charge in [-0.3, -0.25) is 9.59 Å². The highest BCUT2D eigenvalue weighted by atomic mass is 16.2. The number of carbonyl (C=O) groups excluding carboxylic acids is 1. The second-order valence-electron chi connectivity index (χ2n) is 8.30. The monoisotopic (exact) mass is 390 g/mol. The number of carbonyl (C=O) groups is 1. The summed E-state index contributed by atoms with van der Waals surface area (Å²) >= 11 is 0. The first-order valence-electron chi connectivity index (χ1n) is 10.4. The first-order valence-corrected chi connectivity index (χ1v) is 10.4. The maximum absolute atomic E-state index is 13.2. The lowest BCUT2D eigenvalue weighted by Gasteiger charge is -2.19. The fourth-order valence-electron chi connectivity index (χ4n) is 4.85. The number of rotatable bonds is 4. The maximum Gasteiger partial charge on any atom is 0.263 e. The van der Waals surface area contributed by atoms with Crippen molar-refractivity contribution in [3.05, 3.63) is 69.8 Å². The van der Waals surface area contributed by atoms with E-state index >= 15 is 0 Å². The summed E-state index contributed by atoms with van der Waals surface area (Å²) in [5.74, 6) is 0.400. The summed E-state index contributed by atoms with van der Waals surface area (Å²) in [6, 6.07) is 10.4. The molecule has 0 spiro atoms. The molecule has 29 heavy (non-hydrogen) atoms. The lowest BCUT2D eigenvalue weighted by atomic mass is 10.1. The minimum Gasteiger partial charge on any atom is -0.361 e. The molecule has 4 heterocycles. The van der Waals surface area contributed by atoms with Crippen molar-refractivity contribution in [2.24, 2.45) is 5.92 Å². The van der Waals surface area contributed by atoms with Crippen molar-refractivity contribution < 1.29 is 4.79 Å². The number of H-pyrrole nitrogens is 1. The van der Waals surface area contributed by atoms with Crippen LogP contribution < -0.4 is 10.9 Å². The highest BCUT2D eigenvalue weighted by Crippen LogP contribution is 2.26. The molecule has 0 unspecified atom stereocenters. The van der Waals surface area contributed by atoms with Crippen LogP contribution in [0.3, 0.4) is 0 Å². The smallest absolute Gasteiger partial charge is 0.263 e. The molecule has 150 valence electrons. The van der Waals surface area contributed by atoms with Gasteiger partial charge in [-0.15, -0.1) is 0 Å². The van der Waals surface area contributed by atoms with Crippen molar-refractivity contribution in [3.8, 4) is 0 Å². The molecule has 0 bridgehead atoms. The van der Waals surface area contributed by atoms with Crippen LogP contribution in [-0.2, 0) is 13.0 Å². The minimum absolute atomic E-state index is 0.120. The first-order chi connectivity index (χ1) is 14.1. The molecule has 2 aliphatic heterocycles. The number of hydrogen-bond donors (Lipinski definition) is 2. The normalized spacial score (nSPS) is 21.1. The quantitative estimate of drug-likeness (QED) is 0.718. The molecule has 6 heteroatoms. The number of para-hydroxylation sites is 1. The third-order valence-electron chi connectivity index (χ3n) is 6.53. The summed E-state index contributed by atoms with van der Waals surface area (Å²) in [4.78, 5) is 31.4. The number of nitrogens with one attached hydrogen (secondary N) is 2. The highest BCUT2D eigenvalue weighted by Gasteiger charge is 2.39. The molecule has 6 nitrogen and oxygen atoms in total. The number of nitrogens with zero attached hydrogens (tertiary/aromatic N) is 2. The van der Waals surface area contributed by atoms with Crippen molar-refractivity contribution in [3.63, 3.8) is 0 Å². The molecule has 2 saturated heterocycles. The molecule has 0 aliphatic carbocycles. The van der Waals surface area contributed by atoms with E-state index < -0.39 is 0 Å². The van der Waals surface area contributed by atoms with Gasteiger partial charge in [0, 0.05) is 49.0 Å². The Morgan fingerprint density at radius 1 is 1.21 bits per heavy atom. The SMILES string of the molecule is Cc1ccn(CCc2c[nH]c3ccccc23)c(=O)c1C(=O)N1C[C@@H]2CCN[C@@H]2C1. The second kappa shape index (κ2) is 7.19. The number of aromatic nitrogens is 2. The molecule has 1 aromatic carbocycles. The molecule has 5 rings (SSSR count). The van der Waals surface area contributed by atoms with Crippen LogP contribution in [0.25, 0.3) is 10.9 Å². The highest BCUT2D eigenvalue weighted by molar-refractivity contribution is 5.95. The largest absolute Gasteiger partial charge is 0.361 e. The Kier molecular flexibility index (Phi) is 4.51. The first kappa shape index (κ1) is 18.2. The Balaban J connectivity index is 1.38. The lowest BCUT2D eigenvalue weighted by molar-refractivity contribution is 0.0779. The Morgan fingerprint density at radius 3 is 2.93 bits per heavy atom. The predicted octanol–water partition coefficient (Wildman–Crippen LogP) is 2.31. The molecule has 2 N–H and O–H groups in total. The molecule has 2 atom stereocenters. The van der Waals surface area contributed by atoms with Crippen LogP contribution in [0.1, 0.15) is 27.9 Å². The molecule has 1 amide bonds. The molecule has 2 aromatic heterocycles. The number of aryl methyl sites for hydroxylation is 3. The van der Waals surface area contributed by atoms with Gasteiger partial charge >= 0.3 is 0 Å². The van der Waals surface area contributed by atoms with Crippen LogP contribution in [0.4, 0.5) is 0 Å². The van der Waals surface area contributed by atoms with Gasteiger partial charge in [0.1, 0.15) is 5.56 Å². The maximum atomic E-state index is 13.2. The molecule has 0 radical (unpaired) electrons. The van der Waals surface area contributed by atoms with Crippen LogP contribution >= 0.6 is 0 Å². The van der Waals surface area contributed by atoms with E-state index in [1.807, 2.05) is 48.5 Å². The van der Waals surface area contributed by atoms with Crippen LogP contribution in [0, 0.1) is 12.8 Å². The number of fused-ring (bicyclic) bond motifs is 2. The van der Waals surface area contributed by atoms with Gasteiger partial charge in [-0.1, -0.05) is 18.2 Å². The predicted molar refractivity (Wildman–Crippen MR) is 113 cm³/mol. The van der Waals surface area contributed by atoms with Crippen LogP contribution in [-0.4, -0.2) is 46.0 Å². The van der Waals surface area contributed by atoms with E-state index in [0.29, 0.717) is 30.6 Å². The average molecular weight is 390 g/mol. The molecule has 2 aliphatic rings. The summed E-state index contributed by atoms with van der Waals surface area (Å²) in [6.45, 7) is 4.89. The standard InChI is InChI=1S/C23H26N4O2/c1-15-7-10-26(11-8-16-12-25-19-5-3-2-4-18(16)19)22(28)21(15)23(29)27-13-17-6-9-24-20(17)14-27/h2-5,7,10,12,17,20,24-25H,6,8-9,11,13-14H2,1H3/t17-,20+/m0/s1. The summed E-state index contributed by atoms with van der Waals surface area (Å²) in [5.41, 5.74) is 3.18. The fourth-order valence-corrected chi connectivity index (χ4v) is 4.85. The van der Waals surface area contributed by atoms with Gasteiger partial charge in [-0.25, -0.2) is 0 Å². The third kappa shape index (κ3) is 3.17. The van der Waals surface area contributed by atoms with E-state index in [1.54, 1.807) is 4.57 Å². The summed E-state index contributed by atoms with van der Waals surface area (Å²) < 4.78 is 1.68. The number of benzene rings is 1. The van der Waals surface area contributed by atoms with E-state index in [1.165, 1.54) is 10.9 Å². The Hall–Kier alpha value is -2.86. The van der Waals surface area contributed by atoms with Crippen molar-refractivity contribution in [1.29, 1.82) is 0 Å². The lowest BCUT2D eigenvalue weighted by Crippen LogP contribution is -2.38. The molecule has 3 aromatic rings. The van der Waals surface area contributed by atoms with Gasteiger partial charge in [0.15, 0.2) is 0 Å². The van der Waals surface area contributed by atoms with Crippen molar-refractivity contribution in [2.75, 3.05) is 19.6 Å². The minimum atomic E-state index is -0.181. The number of hydrogen-bond acceptors (Lipinski definition) is 3. The summed E-state index contributed by atoms with van der Waals surface area (Å²) in [5, 5.41) is 4.65. The van der Waals surface area contributed by atoms with Gasteiger partial charge in [-0.2, -0.15) is 0 Å². The zero-order chi connectivity index (χ0) is 20.0. The average Bonchev–Trinajstić information content (AvgIpc) is 3.42. The van der Waals surface area contributed by atoms with Gasteiger partial charge in [0.2, 0.25) is 0 Å². The van der Waals surface area contributed by atoms with E-state index in [0.717, 1.165) is 37.0 Å². The van der Waals surface area contributed by atoms with E-state index in [2.05, 4.69) is 16.4 Å². The second-order valence-corrected chi connectivity index (χ2v) is 8.30. The Labute approximate surface area is 169 Å². The van der Waals surface area contributed by atoms with E-state index in [4.69, 9.17) is 0 Å². The van der Waals surface area contributed by atoms with Crippen LogP contribution in [0.15, 0.2) is 47.5 Å². The van der Waals surface area contributed by atoms with Crippen LogP contribution in [0.5, 0.6) is 0 Å².